The lowest BCUT2D eigenvalue weighted by Gasteiger charge is -2.35. The number of benzene rings is 1. The number of carbonyl (C=O) groups is 1. The normalized spacial score (nSPS) is 19.5. The Morgan fingerprint density at radius 1 is 1.32 bits per heavy atom. The molecule has 1 saturated heterocycles. The van der Waals surface area contributed by atoms with Gasteiger partial charge in [-0.2, -0.15) is 0 Å². The lowest BCUT2D eigenvalue weighted by atomic mass is 9.99. The van der Waals surface area contributed by atoms with Crippen LogP contribution in [0.25, 0.3) is 0 Å². The molecule has 1 atom stereocenters. The van der Waals surface area contributed by atoms with Crippen LogP contribution in [-0.2, 0) is 11.2 Å². The Bertz CT molecular complexity index is 434. The van der Waals surface area contributed by atoms with Gasteiger partial charge in [0.2, 0.25) is 5.91 Å². The predicted octanol–water partition coefficient (Wildman–Crippen LogP) is 3.89. The summed E-state index contributed by atoms with van der Waals surface area (Å²) in [5, 5.41) is 0.668. The summed E-state index contributed by atoms with van der Waals surface area (Å²) in [5.74, 6) is 0.781. The van der Waals surface area contributed by atoms with Crippen molar-refractivity contribution in [1.29, 1.82) is 0 Å². The molecule has 0 N–H and O–H groups in total. The van der Waals surface area contributed by atoms with Gasteiger partial charge in [-0.3, -0.25) is 4.79 Å². The fourth-order valence-corrected chi connectivity index (χ4v) is 3.12. The molecule has 0 aliphatic carbocycles. The molecule has 0 radical (unpaired) electrons. The van der Waals surface area contributed by atoms with E-state index < -0.39 is 0 Å². The van der Waals surface area contributed by atoms with Crippen molar-refractivity contribution in [1.82, 2.24) is 4.90 Å². The summed E-state index contributed by atoms with van der Waals surface area (Å²) in [5.41, 5.74) is 0.907. The van der Waals surface area contributed by atoms with E-state index in [0.29, 0.717) is 23.4 Å². The summed E-state index contributed by atoms with van der Waals surface area (Å²) in [6.45, 7) is 0.852. The first-order valence-corrected chi connectivity index (χ1v) is 7.72. The minimum Gasteiger partial charge on any atom is -0.339 e. The van der Waals surface area contributed by atoms with Crippen LogP contribution >= 0.6 is 23.2 Å². The van der Waals surface area contributed by atoms with Gasteiger partial charge in [-0.15, -0.1) is 11.6 Å². The van der Waals surface area contributed by atoms with Crippen molar-refractivity contribution in [3.05, 3.63) is 34.9 Å². The fraction of sp³-hybridized carbons (Fsp3) is 0.533. The first-order chi connectivity index (χ1) is 9.22. The number of carbonyl (C=O) groups excluding carboxylic acids is 1. The molecule has 1 aromatic carbocycles. The van der Waals surface area contributed by atoms with E-state index in [0.717, 1.165) is 31.4 Å². The van der Waals surface area contributed by atoms with Crippen LogP contribution in [0.2, 0.25) is 5.02 Å². The third kappa shape index (κ3) is 3.87. The van der Waals surface area contributed by atoms with Crippen LogP contribution in [0.5, 0.6) is 0 Å². The van der Waals surface area contributed by atoms with Gasteiger partial charge in [0.05, 0.1) is 6.42 Å². The van der Waals surface area contributed by atoms with E-state index >= 15 is 0 Å². The molecule has 2 rings (SSSR count). The summed E-state index contributed by atoms with van der Waals surface area (Å²) < 4.78 is 0. The first-order valence-electron chi connectivity index (χ1n) is 6.81. The van der Waals surface area contributed by atoms with E-state index in [9.17, 15) is 4.79 Å². The number of alkyl halides is 1. The molecule has 0 saturated carbocycles. The van der Waals surface area contributed by atoms with Crippen molar-refractivity contribution in [2.75, 3.05) is 12.4 Å². The maximum absolute atomic E-state index is 12.4. The van der Waals surface area contributed by atoms with Crippen molar-refractivity contribution in [2.45, 2.75) is 38.1 Å². The minimum absolute atomic E-state index is 0.169. The Labute approximate surface area is 124 Å². The Hall–Kier alpha value is -0.730. The maximum atomic E-state index is 12.4. The maximum Gasteiger partial charge on any atom is 0.227 e. The second-order valence-electron chi connectivity index (χ2n) is 4.98. The Morgan fingerprint density at radius 3 is 2.84 bits per heavy atom. The Morgan fingerprint density at radius 2 is 2.11 bits per heavy atom. The lowest BCUT2D eigenvalue weighted by Crippen LogP contribution is -2.44. The summed E-state index contributed by atoms with van der Waals surface area (Å²) in [4.78, 5) is 14.4. The number of amides is 1. The summed E-state index contributed by atoms with van der Waals surface area (Å²) >= 11 is 11.9. The molecule has 0 spiro atoms. The molecule has 1 heterocycles. The van der Waals surface area contributed by atoms with Gasteiger partial charge in [0.15, 0.2) is 0 Å². The van der Waals surface area contributed by atoms with Crippen molar-refractivity contribution < 1.29 is 4.79 Å². The average Bonchev–Trinajstić information content (AvgIpc) is 2.42. The number of piperidine rings is 1. The zero-order valence-electron chi connectivity index (χ0n) is 10.9. The van der Waals surface area contributed by atoms with Crippen molar-refractivity contribution in [3.63, 3.8) is 0 Å². The molecule has 1 aromatic rings. The van der Waals surface area contributed by atoms with E-state index in [4.69, 9.17) is 23.2 Å². The highest BCUT2D eigenvalue weighted by Crippen LogP contribution is 2.23. The predicted molar refractivity (Wildman–Crippen MR) is 79.8 cm³/mol. The van der Waals surface area contributed by atoms with E-state index in [2.05, 4.69) is 0 Å². The molecular formula is C15H19Cl2NO. The highest BCUT2D eigenvalue weighted by Gasteiger charge is 2.26. The first kappa shape index (κ1) is 14.7. The van der Waals surface area contributed by atoms with Crippen LogP contribution in [0.3, 0.4) is 0 Å². The van der Waals surface area contributed by atoms with Crippen LogP contribution in [0.4, 0.5) is 0 Å². The van der Waals surface area contributed by atoms with Crippen molar-refractivity contribution >= 4 is 29.1 Å². The zero-order chi connectivity index (χ0) is 13.7. The molecule has 0 bridgehead atoms. The number of likely N-dealkylation sites (tertiary alicyclic amines) is 1. The van der Waals surface area contributed by atoms with Crippen LogP contribution in [0.1, 0.15) is 31.2 Å². The van der Waals surface area contributed by atoms with Crippen LogP contribution in [0.15, 0.2) is 24.3 Å². The van der Waals surface area contributed by atoms with Crippen molar-refractivity contribution in [3.8, 4) is 0 Å². The second-order valence-corrected chi connectivity index (χ2v) is 5.77. The molecule has 1 aliphatic heterocycles. The number of rotatable bonds is 4. The van der Waals surface area contributed by atoms with Gasteiger partial charge in [-0.05, 0) is 37.3 Å². The Kier molecular flexibility index (Phi) is 5.53. The van der Waals surface area contributed by atoms with Crippen LogP contribution in [-0.4, -0.2) is 29.3 Å². The van der Waals surface area contributed by atoms with Gasteiger partial charge >= 0.3 is 0 Å². The van der Waals surface area contributed by atoms with E-state index in [1.54, 1.807) is 0 Å². The third-order valence-electron chi connectivity index (χ3n) is 3.69. The van der Waals surface area contributed by atoms with Gasteiger partial charge < -0.3 is 4.90 Å². The molecule has 1 aliphatic rings. The monoisotopic (exact) mass is 299 g/mol. The third-order valence-corrected chi connectivity index (χ3v) is 4.28. The molecule has 1 amide bonds. The van der Waals surface area contributed by atoms with Crippen LogP contribution < -0.4 is 0 Å². The molecular weight excluding hydrogens is 281 g/mol. The number of halogens is 2. The fourth-order valence-electron chi connectivity index (χ4n) is 2.66. The number of hydrogen-bond acceptors (Lipinski definition) is 1. The molecule has 1 unspecified atom stereocenters. The minimum atomic E-state index is 0.169. The largest absolute Gasteiger partial charge is 0.339 e. The smallest absolute Gasteiger partial charge is 0.227 e. The molecule has 104 valence electrons. The second kappa shape index (κ2) is 7.16. The highest BCUT2D eigenvalue weighted by atomic mass is 35.5. The topological polar surface area (TPSA) is 20.3 Å². The van der Waals surface area contributed by atoms with E-state index in [1.165, 1.54) is 6.42 Å². The zero-order valence-corrected chi connectivity index (χ0v) is 12.5. The van der Waals surface area contributed by atoms with E-state index in [-0.39, 0.29) is 5.91 Å². The summed E-state index contributed by atoms with van der Waals surface area (Å²) in [6, 6.07) is 7.85. The van der Waals surface area contributed by atoms with Crippen LogP contribution in [0, 0.1) is 0 Å². The van der Waals surface area contributed by atoms with Gasteiger partial charge in [0.25, 0.3) is 0 Å². The van der Waals surface area contributed by atoms with E-state index in [1.807, 2.05) is 29.2 Å². The summed E-state index contributed by atoms with van der Waals surface area (Å²) in [7, 11) is 0. The number of nitrogens with zero attached hydrogens (tertiary/aromatic N) is 1. The SMILES string of the molecule is O=C(Cc1ccccc1Cl)N1CCCCC1CCCl. The standard InChI is InChI=1S/C15H19Cl2NO/c16-9-8-13-6-3-4-10-18(13)15(19)11-12-5-1-2-7-14(12)17/h1-2,5,7,13H,3-4,6,8-11H2. The molecule has 0 aromatic heterocycles. The highest BCUT2D eigenvalue weighted by molar-refractivity contribution is 6.31. The number of hydrogen-bond donors (Lipinski definition) is 0. The molecule has 1 fully saturated rings. The molecule has 2 nitrogen and oxygen atoms in total. The summed E-state index contributed by atoms with van der Waals surface area (Å²) in [6.07, 6.45) is 4.62. The molecule has 19 heavy (non-hydrogen) atoms. The van der Waals surface area contributed by atoms with Gasteiger partial charge in [-0.1, -0.05) is 29.8 Å². The van der Waals surface area contributed by atoms with Gasteiger partial charge in [0.1, 0.15) is 0 Å². The van der Waals surface area contributed by atoms with Gasteiger partial charge in [-0.25, -0.2) is 0 Å². The molecule has 4 heteroatoms. The lowest BCUT2D eigenvalue weighted by molar-refractivity contribution is -0.134. The van der Waals surface area contributed by atoms with Gasteiger partial charge in [0, 0.05) is 23.5 Å². The quantitative estimate of drug-likeness (QED) is 0.772. The average molecular weight is 300 g/mol. The van der Waals surface area contributed by atoms with Crippen molar-refractivity contribution in [2.24, 2.45) is 0 Å². The Balaban J connectivity index is 2.03.